The molecule has 1 aliphatic rings. The number of sulfonamides is 1. The van der Waals surface area contributed by atoms with Crippen LogP contribution in [0.15, 0.2) is 58.4 Å². The summed E-state index contributed by atoms with van der Waals surface area (Å²) in [5.74, 6) is 0.185. The molecule has 1 N–H and O–H groups in total. The number of anilines is 1. The maximum absolute atomic E-state index is 13.0. The second-order valence-electron chi connectivity index (χ2n) is 9.31. The molecule has 1 unspecified atom stereocenters. The second-order valence-corrected chi connectivity index (χ2v) is 11.8. The summed E-state index contributed by atoms with van der Waals surface area (Å²) in [6, 6.07) is 9.57. The van der Waals surface area contributed by atoms with Gasteiger partial charge in [0.25, 0.3) is 10.0 Å². The van der Waals surface area contributed by atoms with Gasteiger partial charge in [0.2, 0.25) is 17.7 Å². The summed E-state index contributed by atoms with van der Waals surface area (Å²) in [7, 11) is -2.33. The lowest BCUT2D eigenvalue weighted by molar-refractivity contribution is -0.129. The van der Waals surface area contributed by atoms with Gasteiger partial charge in [0, 0.05) is 37.8 Å². The number of ether oxygens (including phenoxy) is 1. The van der Waals surface area contributed by atoms with Crippen molar-refractivity contribution in [1.82, 2.24) is 24.6 Å². The first kappa shape index (κ1) is 25.9. The highest BCUT2D eigenvalue weighted by atomic mass is 32.2. The van der Waals surface area contributed by atoms with Crippen LogP contribution in [0.1, 0.15) is 23.1 Å². The number of thiophene rings is 1. The van der Waals surface area contributed by atoms with Gasteiger partial charge in [-0.05, 0) is 47.4 Å². The van der Waals surface area contributed by atoms with Crippen molar-refractivity contribution in [1.29, 1.82) is 0 Å². The fourth-order valence-corrected chi connectivity index (χ4v) is 6.09. The van der Waals surface area contributed by atoms with E-state index in [9.17, 15) is 13.2 Å². The molecule has 1 aromatic carbocycles. The third-order valence-corrected chi connectivity index (χ3v) is 8.39. The van der Waals surface area contributed by atoms with E-state index in [0.29, 0.717) is 31.6 Å². The molecule has 10 nitrogen and oxygen atoms in total. The molecule has 0 saturated carbocycles. The molecule has 12 heteroatoms. The van der Waals surface area contributed by atoms with Gasteiger partial charge in [-0.25, -0.2) is 18.1 Å². The first-order valence-corrected chi connectivity index (χ1v) is 14.5. The minimum Gasteiger partial charge on any atom is -0.472 e. The Hall–Kier alpha value is -3.77. The highest BCUT2D eigenvalue weighted by Crippen LogP contribution is 2.30. The van der Waals surface area contributed by atoms with Gasteiger partial charge in [0.05, 0.1) is 24.9 Å². The largest absolute Gasteiger partial charge is 0.472 e. The van der Waals surface area contributed by atoms with Gasteiger partial charge in [-0.1, -0.05) is 18.2 Å². The number of rotatable bonds is 8. The number of hydrogen-bond acceptors (Lipinski definition) is 8. The highest BCUT2D eigenvalue weighted by Gasteiger charge is 2.29. The summed E-state index contributed by atoms with van der Waals surface area (Å²) < 4.78 is 36.0. The number of aromatic nitrogens is 4. The number of hydrogen-bond donors (Lipinski definition) is 1. The normalized spacial score (nSPS) is 15.6. The molecule has 0 bridgehead atoms. The Morgan fingerprint density at radius 3 is 2.68 bits per heavy atom. The number of amides is 1. The van der Waals surface area contributed by atoms with Gasteiger partial charge in [0.15, 0.2) is 0 Å². The van der Waals surface area contributed by atoms with E-state index in [1.807, 2.05) is 48.9 Å². The van der Waals surface area contributed by atoms with E-state index in [-0.39, 0.29) is 28.7 Å². The zero-order valence-electron chi connectivity index (χ0n) is 21.3. The Morgan fingerprint density at radius 2 is 2.00 bits per heavy atom. The van der Waals surface area contributed by atoms with Gasteiger partial charge in [-0.3, -0.25) is 9.48 Å². The number of carbonyl (C=O) groups is 1. The molecule has 3 aromatic heterocycles. The minimum atomic E-state index is -3.97. The van der Waals surface area contributed by atoms with E-state index in [1.54, 1.807) is 29.4 Å². The number of carbonyl (C=O) groups excluding carboxylic acids is 1. The fraction of sp³-hybridized carbons (Fsp3) is 0.308. The summed E-state index contributed by atoms with van der Waals surface area (Å²) in [4.78, 5) is 23.4. The van der Waals surface area contributed by atoms with Crippen LogP contribution in [0.25, 0.3) is 11.3 Å². The van der Waals surface area contributed by atoms with E-state index in [2.05, 4.69) is 19.8 Å². The predicted octanol–water partition coefficient (Wildman–Crippen LogP) is 3.58. The van der Waals surface area contributed by atoms with E-state index in [0.717, 1.165) is 22.3 Å². The summed E-state index contributed by atoms with van der Waals surface area (Å²) in [6.45, 7) is 4.96. The summed E-state index contributed by atoms with van der Waals surface area (Å²) in [5, 5.41) is 7.88. The van der Waals surface area contributed by atoms with Crippen LogP contribution >= 0.6 is 11.3 Å². The quantitative estimate of drug-likeness (QED) is 0.355. The first-order chi connectivity index (χ1) is 18.2. The lowest BCUT2D eigenvalue weighted by atomic mass is 10.00. The molecule has 4 aromatic rings. The summed E-state index contributed by atoms with van der Waals surface area (Å²) in [6.07, 6.45) is 3.39. The van der Waals surface area contributed by atoms with Gasteiger partial charge >= 0.3 is 0 Å². The third kappa shape index (κ3) is 5.70. The van der Waals surface area contributed by atoms with Crippen LogP contribution in [0, 0.1) is 13.8 Å². The molecule has 4 heterocycles. The number of aryl methyl sites for hydroxylation is 3. The van der Waals surface area contributed by atoms with Gasteiger partial charge in [-0.2, -0.15) is 21.4 Å². The Labute approximate surface area is 225 Å². The monoisotopic (exact) mass is 552 g/mol. The molecule has 0 spiro atoms. The molecule has 1 aliphatic heterocycles. The maximum Gasteiger partial charge on any atom is 0.267 e. The molecule has 5 rings (SSSR count). The van der Waals surface area contributed by atoms with Crippen LogP contribution in [0.3, 0.4) is 0 Å². The summed E-state index contributed by atoms with van der Waals surface area (Å²) >= 11 is 1.57. The lowest BCUT2D eigenvalue weighted by Crippen LogP contribution is -2.32. The van der Waals surface area contributed by atoms with Crippen molar-refractivity contribution < 1.29 is 17.9 Å². The zero-order chi connectivity index (χ0) is 26.9. The number of benzene rings is 1. The van der Waals surface area contributed by atoms with Crippen molar-refractivity contribution >= 4 is 33.2 Å². The van der Waals surface area contributed by atoms with Crippen molar-refractivity contribution in [2.45, 2.75) is 37.7 Å². The van der Waals surface area contributed by atoms with Crippen LogP contribution in [0.2, 0.25) is 0 Å². The summed E-state index contributed by atoms with van der Waals surface area (Å²) in [5.41, 5.74) is 4.39. The van der Waals surface area contributed by atoms with Crippen LogP contribution < -0.4 is 9.46 Å². The second kappa shape index (κ2) is 10.5. The van der Waals surface area contributed by atoms with E-state index in [1.165, 1.54) is 17.1 Å². The maximum atomic E-state index is 13.0. The van der Waals surface area contributed by atoms with Crippen molar-refractivity contribution in [3.8, 4) is 17.1 Å². The van der Waals surface area contributed by atoms with Gasteiger partial charge < -0.3 is 9.64 Å². The first-order valence-electron chi connectivity index (χ1n) is 12.1. The molecular formula is C26H28N6O4S2. The highest BCUT2D eigenvalue weighted by molar-refractivity contribution is 7.92. The molecule has 198 valence electrons. The average molecular weight is 553 g/mol. The van der Waals surface area contributed by atoms with Crippen LogP contribution in [0.5, 0.6) is 5.88 Å². The SMILES string of the molecule is Cc1cccc(C)c1-c1cc(OC2CCN(C(=O)Cc3ccsc3)C2)nc(NS(=O)(=O)c2cnn(C)c2)n1. The van der Waals surface area contributed by atoms with E-state index >= 15 is 0 Å². The molecular weight excluding hydrogens is 524 g/mol. The Morgan fingerprint density at radius 1 is 1.21 bits per heavy atom. The Balaban J connectivity index is 1.41. The topological polar surface area (TPSA) is 119 Å². The lowest BCUT2D eigenvalue weighted by Gasteiger charge is -2.18. The van der Waals surface area contributed by atoms with Gasteiger partial charge in [0.1, 0.15) is 11.0 Å². The van der Waals surface area contributed by atoms with Crippen LogP contribution in [-0.2, 0) is 28.3 Å². The fourth-order valence-electron chi connectivity index (χ4n) is 4.50. The number of nitrogens with zero attached hydrogens (tertiary/aromatic N) is 5. The Bertz CT molecular complexity index is 1550. The molecule has 1 saturated heterocycles. The van der Waals surface area contributed by atoms with Crippen molar-refractivity contribution in [3.05, 3.63) is 70.2 Å². The zero-order valence-corrected chi connectivity index (χ0v) is 22.9. The molecule has 1 fully saturated rings. The van der Waals surface area contributed by atoms with Gasteiger partial charge in [-0.15, -0.1) is 0 Å². The minimum absolute atomic E-state index is 0.000821. The molecule has 1 atom stereocenters. The number of nitrogens with one attached hydrogen (secondary N) is 1. The third-order valence-electron chi connectivity index (χ3n) is 6.38. The van der Waals surface area contributed by atoms with E-state index in [4.69, 9.17) is 4.74 Å². The molecule has 0 aliphatic carbocycles. The van der Waals surface area contributed by atoms with Crippen molar-refractivity contribution in [2.24, 2.45) is 7.05 Å². The van der Waals surface area contributed by atoms with E-state index < -0.39 is 10.0 Å². The van der Waals surface area contributed by atoms with Crippen LogP contribution in [0.4, 0.5) is 5.95 Å². The molecule has 1 amide bonds. The average Bonchev–Trinajstić information content (AvgIpc) is 3.61. The molecule has 38 heavy (non-hydrogen) atoms. The Kier molecular flexibility index (Phi) is 7.17. The smallest absolute Gasteiger partial charge is 0.267 e. The van der Waals surface area contributed by atoms with Crippen LogP contribution in [-0.4, -0.2) is 58.2 Å². The van der Waals surface area contributed by atoms with Crippen molar-refractivity contribution in [3.63, 3.8) is 0 Å². The van der Waals surface area contributed by atoms with Crippen molar-refractivity contribution in [2.75, 3.05) is 17.8 Å². The molecule has 0 radical (unpaired) electrons. The predicted molar refractivity (Wildman–Crippen MR) is 145 cm³/mol. The number of likely N-dealkylation sites (tertiary alicyclic amines) is 1. The standard InChI is InChI=1S/C26H28N6O4S2/c1-17-5-4-6-18(2)25(17)22-12-23(29-26(28-22)30-38(34,35)21-13-27-31(3)15-21)36-20-7-9-32(14-20)24(33)11-19-8-10-37-16-19/h4-6,8,10,12-13,15-16,20H,7,9,11,14H2,1-3H3,(H,28,29,30).